The average molecular weight is 330 g/mol. The van der Waals surface area contributed by atoms with Crippen molar-refractivity contribution in [2.75, 3.05) is 26.3 Å². The van der Waals surface area contributed by atoms with Crippen LogP contribution < -0.4 is 4.74 Å². The number of carbonyl (C=O) groups is 1. The van der Waals surface area contributed by atoms with Crippen LogP contribution in [0.2, 0.25) is 0 Å². The lowest BCUT2D eigenvalue weighted by molar-refractivity contribution is -0.139. The fourth-order valence-electron chi connectivity index (χ4n) is 2.70. The molecule has 1 amide bonds. The average Bonchev–Trinajstić information content (AvgIpc) is 3.05. The number of morpholine rings is 1. The Hall–Kier alpha value is -2.41. The third-order valence-electron chi connectivity index (χ3n) is 4.00. The van der Waals surface area contributed by atoms with Crippen molar-refractivity contribution in [3.05, 3.63) is 42.5 Å². The maximum atomic E-state index is 12.4. The van der Waals surface area contributed by atoms with Crippen LogP contribution in [0.5, 0.6) is 5.75 Å². The zero-order chi connectivity index (χ0) is 16.8. The fourth-order valence-corrected chi connectivity index (χ4v) is 2.70. The van der Waals surface area contributed by atoms with Gasteiger partial charge in [0.15, 0.2) is 5.82 Å². The minimum atomic E-state index is -0.212. The van der Waals surface area contributed by atoms with Crippen molar-refractivity contribution in [1.82, 2.24) is 19.7 Å². The third-order valence-corrected chi connectivity index (χ3v) is 4.00. The van der Waals surface area contributed by atoms with Gasteiger partial charge in [-0.3, -0.25) is 4.79 Å². The summed E-state index contributed by atoms with van der Waals surface area (Å²) in [7, 11) is 1.88. The number of carbonyl (C=O) groups excluding carboxylic acids is 1. The molecule has 1 atom stereocenters. The second-order valence-electron chi connectivity index (χ2n) is 5.76. The molecule has 7 heteroatoms. The van der Waals surface area contributed by atoms with Gasteiger partial charge in [0.2, 0.25) is 5.91 Å². The molecule has 3 rings (SSSR count). The Balaban J connectivity index is 1.44. The summed E-state index contributed by atoms with van der Waals surface area (Å²) >= 11 is 0. The van der Waals surface area contributed by atoms with Crippen molar-refractivity contribution in [2.45, 2.75) is 18.9 Å². The van der Waals surface area contributed by atoms with E-state index in [1.165, 1.54) is 0 Å². The Labute approximate surface area is 141 Å². The monoisotopic (exact) mass is 330 g/mol. The van der Waals surface area contributed by atoms with Crippen LogP contribution in [0.15, 0.2) is 36.7 Å². The number of hydrogen-bond acceptors (Lipinski definition) is 5. The Morgan fingerprint density at radius 2 is 2.21 bits per heavy atom. The highest BCUT2D eigenvalue weighted by Crippen LogP contribution is 2.20. The number of ether oxygens (including phenoxy) is 2. The number of para-hydroxylation sites is 1. The quantitative estimate of drug-likeness (QED) is 0.752. The lowest BCUT2D eigenvalue weighted by Gasteiger charge is -2.32. The predicted octanol–water partition coefficient (Wildman–Crippen LogP) is 1.57. The molecule has 1 aliphatic rings. The largest absolute Gasteiger partial charge is 0.494 e. The number of hydrogen-bond donors (Lipinski definition) is 0. The molecule has 1 saturated heterocycles. The number of nitrogens with zero attached hydrogens (tertiary/aromatic N) is 4. The van der Waals surface area contributed by atoms with Crippen molar-refractivity contribution >= 4 is 5.91 Å². The van der Waals surface area contributed by atoms with Crippen LogP contribution in [0.25, 0.3) is 0 Å². The number of benzene rings is 1. The molecule has 1 aliphatic heterocycles. The summed E-state index contributed by atoms with van der Waals surface area (Å²) in [4.78, 5) is 14.2. The van der Waals surface area contributed by atoms with Gasteiger partial charge in [0.05, 0.1) is 19.8 Å². The van der Waals surface area contributed by atoms with Gasteiger partial charge in [-0.15, -0.1) is 10.2 Å². The van der Waals surface area contributed by atoms with Gasteiger partial charge in [-0.1, -0.05) is 18.2 Å². The van der Waals surface area contributed by atoms with Crippen molar-refractivity contribution < 1.29 is 14.3 Å². The van der Waals surface area contributed by atoms with Gasteiger partial charge < -0.3 is 18.9 Å². The van der Waals surface area contributed by atoms with Crippen molar-refractivity contribution in [3.8, 4) is 5.75 Å². The Bertz CT molecular complexity index is 659. The topological polar surface area (TPSA) is 69.5 Å². The second-order valence-corrected chi connectivity index (χ2v) is 5.76. The Morgan fingerprint density at radius 3 is 2.96 bits per heavy atom. The summed E-state index contributed by atoms with van der Waals surface area (Å²) in [6.45, 7) is 2.19. The zero-order valence-electron chi connectivity index (χ0n) is 13.8. The second kappa shape index (κ2) is 7.92. The molecule has 2 heterocycles. The molecule has 24 heavy (non-hydrogen) atoms. The molecule has 0 aliphatic carbocycles. The van der Waals surface area contributed by atoms with E-state index in [-0.39, 0.29) is 12.0 Å². The van der Waals surface area contributed by atoms with Crippen LogP contribution in [-0.2, 0) is 16.6 Å². The normalized spacial score (nSPS) is 17.7. The van der Waals surface area contributed by atoms with Crippen LogP contribution >= 0.6 is 0 Å². The highest BCUT2D eigenvalue weighted by atomic mass is 16.5. The number of rotatable bonds is 6. The molecule has 1 unspecified atom stereocenters. The molecule has 1 aromatic carbocycles. The maximum Gasteiger partial charge on any atom is 0.222 e. The third kappa shape index (κ3) is 4.11. The van der Waals surface area contributed by atoms with E-state index in [0.717, 1.165) is 11.6 Å². The van der Waals surface area contributed by atoms with Gasteiger partial charge in [0, 0.05) is 20.0 Å². The minimum Gasteiger partial charge on any atom is -0.494 e. The molecule has 1 aromatic heterocycles. The van der Waals surface area contributed by atoms with Gasteiger partial charge in [-0.25, -0.2) is 0 Å². The first-order chi connectivity index (χ1) is 11.7. The van der Waals surface area contributed by atoms with E-state index in [1.807, 2.05) is 46.8 Å². The SMILES string of the molecule is Cn1cnnc1C1CN(C(=O)CCCOc2ccccc2)CCO1. The van der Waals surface area contributed by atoms with E-state index in [2.05, 4.69) is 10.2 Å². The summed E-state index contributed by atoms with van der Waals surface area (Å²) in [5.41, 5.74) is 0. The maximum absolute atomic E-state index is 12.4. The Morgan fingerprint density at radius 1 is 1.38 bits per heavy atom. The van der Waals surface area contributed by atoms with Gasteiger partial charge in [-0.05, 0) is 18.6 Å². The molecular weight excluding hydrogens is 308 g/mol. The lowest BCUT2D eigenvalue weighted by Crippen LogP contribution is -2.42. The van der Waals surface area contributed by atoms with Crippen molar-refractivity contribution in [2.24, 2.45) is 7.05 Å². The number of aromatic nitrogens is 3. The first kappa shape index (κ1) is 16.4. The summed E-state index contributed by atoms with van der Waals surface area (Å²) in [6.07, 6.45) is 2.59. The van der Waals surface area contributed by atoms with E-state index in [0.29, 0.717) is 39.1 Å². The molecule has 2 aromatic rings. The lowest BCUT2D eigenvalue weighted by atomic mass is 10.2. The molecule has 7 nitrogen and oxygen atoms in total. The number of amides is 1. The van der Waals surface area contributed by atoms with E-state index >= 15 is 0 Å². The van der Waals surface area contributed by atoms with Crippen molar-refractivity contribution in [3.63, 3.8) is 0 Å². The number of aryl methyl sites for hydroxylation is 1. The van der Waals surface area contributed by atoms with Crippen LogP contribution in [0.4, 0.5) is 0 Å². The first-order valence-electron chi connectivity index (χ1n) is 8.15. The Kier molecular flexibility index (Phi) is 5.43. The predicted molar refractivity (Wildman–Crippen MR) is 87.4 cm³/mol. The molecule has 128 valence electrons. The molecule has 0 N–H and O–H groups in total. The summed E-state index contributed by atoms with van der Waals surface area (Å²) in [5.74, 6) is 1.71. The van der Waals surface area contributed by atoms with Gasteiger partial charge in [0.25, 0.3) is 0 Å². The summed E-state index contributed by atoms with van der Waals surface area (Å²) < 4.78 is 13.2. The molecule has 0 spiro atoms. The first-order valence-corrected chi connectivity index (χ1v) is 8.15. The van der Waals surface area contributed by atoms with Crippen LogP contribution in [0.3, 0.4) is 0 Å². The highest BCUT2D eigenvalue weighted by molar-refractivity contribution is 5.76. The highest BCUT2D eigenvalue weighted by Gasteiger charge is 2.27. The van der Waals surface area contributed by atoms with E-state index in [4.69, 9.17) is 9.47 Å². The van der Waals surface area contributed by atoms with Crippen LogP contribution in [0, 0.1) is 0 Å². The van der Waals surface area contributed by atoms with E-state index < -0.39 is 0 Å². The molecular formula is C17H22N4O3. The molecule has 0 saturated carbocycles. The summed E-state index contributed by atoms with van der Waals surface area (Å²) in [5, 5.41) is 7.94. The van der Waals surface area contributed by atoms with Crippen molar-refractivity contribution in [1.29, 1.82) is 0 Å². The summed E-state index contributed by atoms with van der Waals surface area (Å²) in [6, 6.07) is 9.63. The minimum absolute atomic E-state index is 0.127. The molecule has 0 radical (unpaired) electrons. The molecule has 0 bridgehead atoms. The van der Waals surface area contributed by atoms with Crippen LogP contribution in [-0.4, -0.2) is 51.9 Å². The smallest absolute Gasteiger partial charge is 0.222 e. The zero-order valence-corrected chi connectivity index (χ0v) is 13.8. The molecule has 1 fully saturated rings. The van der Waals surface area contributed by atoms with Gasteiger partial charge in [0.1, 0.15) is 18.2 Å². The standard InChI is InChI=1S/C17H22N4O3/c1-20-13-18-19-17(20)15-12-21(9-11-24-15)16(22)8-5-10-23-14-6-3-2-4-7-14/h2-4,6-7,13,15H,5,8-12H2,1H3. The van der Waals surface area contributed by atoms with Crippen LogP contribution in [0.1, 0.15) is 24.8 Å². The van der Waals surface area contributed by atoms with Gasteiger partial charge >= 0.3 is 0 Å². The van der Waals surface area contributed by atoms with E-state index in [9.17, 15) is 4.79 Å². The van der Waals surface area contributed by atoms with E-state index in [1.54, 1.807) is 6.33 Å². The fraction of sp³-hybridized carbons (Fsp3) is 0.471. The van der Waals surface area contributed by atoms with Gasteiger partial charge in [-0.2, -0.15) is 0 Å².